The van der Waals surface area contributed by atoms with Crippen molar-refractivity contribution in [2.75, 3.05) is 0 Å². The number of hydrogen-bond acceptors (Lipinski definition) is 4. The van der Waals surface area contributed by atoms with Crippen molar-refractivity contribution in [3.8, 4) is 11.3 Å². The molecule has 2 rings (SSSR count). The van der Waals surface area contributed by atoms with E-state index in [0.29, 0.717) is 16.3 Å². The van der Waals surface area contributed by atoms with Crippen LogP contribution in [0.1, 0.15) is 43.0 Å². The molecule has 0 unspecified atom stereocenters. The summed E-state index contributed by atoms with van der Waals surface area (Å²) in [6.07, 6.45) is -0.880. The second kappa shape index (κ2) is 6.28. The lowest BCUT2D eigenvalue weighted by molar-refractivity contribution is 0.0897. The molecule has 0 bridgehead atoms. The summed E-state index contributed by atoms with van der Waals surface area (Å²) in [7, 11) is 0. The quantitative estimate of drug-likeness (QED) is 0.909. The Morgan fingerprint density at radius 2 is 1.90 bits per heavy atom. The molecule has 21 heavy (non-hydrogen) atoms. The van der Waals surface area contributed by atoms with Crippen LogP contribution in [-0.4, -0.2) is 22.2 Å². The van der Waals surface area contributed by atoms with Gasteiger partial charge in [0.1, 0.15) is 5.69 Å². The van der Waals surface area contributed by atoms with Gasteiger partial charge in [-0.2, -0.15) is 0 Å². The van der Waals surface area contributed by atoms with E-state index in [4.69, 9.17) is 16.1 Å². The Morgan fingerprint density at radius 3 is 2.43 bits per heavy atom. The monoisotopic (exact) mass is 308 g/mol. The number of carbonyl (C=O) groups is 1. The first-order valence-corrected chi connectivity index (χ1v) is 7.02. The number of nitrogens with one attached hydrogen (secondary N) is 1. The number of hydrogen-bond donors (Lipinski definition) is 2. The first kappa shape index (κ1) is 15.5. The fourth-order valence-electron chi connectivity index (χ4n) is 1.99. The molecule has 1 amide bonds. The van der Waals surface area contributed by atoms with Crippen LogP contribution < -0.4 is 5.32 Å². The van der Waals surface area contributed by atoms with E-state index >= 15 is 0 Å². The van der Waals surface area contributed by atoms with Gasteiger partial charge in [0, 0.05) is 16.6 Å². The van der Waals surface area contributed by atoms with E-state index in [9.17, 15) is 9.90 Å². The number of amides is 1. The number of aliphatic hydroxyl groups excluding tert-OH is 1. The first-order valence-electron chi connectivity index (χ1n) is 6.64. The molecule has 2 N–H and O–H groups in total. The number of aromatic nitrogens is 1. The molecular formula is C15H17ClN2O3. The number of nitrogens with zero attached hydrogens (tertiary/aromatic N) is 1. The van der Waals surface area contributed by atoms with Crippen molar-refractivity contribution in [2.24, 2.45) is 0 Å². The highest BCUT2D eigenvalue weighted by Gasteiger charge is 2.26. The van der Waals surface area contributed by atoms with Gasteiger partial charge >= 0.3 is 0 Å². The fraction of sp³-hybridized carbons (Fsp3) is 0.333. The van der Waals surface area contributed by atoms with Gasteiger partial charge in [-0.1, -0.05) is 28.9 Å². The van der Waals surface area contributed by atoms with Gasteiger partial charge in [0.05, 0.1) is 11.7 Å². The summed E-state index contributed by atoms with van der Waals surface area (Å²) < 4.78 is 5.15. The van der Waals surface area contributed by atoms with E-state index in [0.717, 1.165) is 5.56 Å². The van der Waals surface area contributed by atoms with Crippen LogP contribution in [0.5, 0.6) is 0 Å². The average molecular weight is 309 g/mol. The summed E-state index contributed by atoms with van der Waals surface area (Å²) in [5.41, 5.74) is 1.54. The van der Waals surface area contributed by atoms with Crippen molar-refractivity contribution in [1.82, 2.24) is 10.5 Å². The van der Waals surface area contributed by atoms with Gasteiger partial charge < -0.3 is 14.9 Å². The Kier molecular flexibility index (Phi) is 4.65. The van der Waals surface area contributed by atoms with Gasteiger partial charge in [-0.15, -0.1) is 0 Å². The minimum Gasteiger partial charge on any atom is -0.388 e. The molecule has 0 fully saturated rings. The van der Waals surface area contributed by atoms with Crippen molar-refractivity contribution in [2.45, 2.75) is 32.9 Å². The first-order chi connectivity index (χ1) is 9.90. The third-order valence-corrected chi connectivity index (χ3v) is 3.14. The number of benzene rings is 1. The van der Waals surface area contributed by atoms with Crippen molar-refractivity contribution in [3.63, 3.8) is 0 Å². The molecule has 1 aromatic carbocycles. The van der Waals surface area contributed by atoms with Crippen molar-refractivity contribution in [1.29, 1.82) is 0 Å². The van der Waals surface area contributed by atoms with E-state index in [-0.39, 0.29) is 11.8 Å². The molecule has 1 heterocycles. The van der Waals surface area contributed by atoms with Gasteiger partial charge in [0.15, 0.2) is 0 Å². The van der Waals surface area contributed by atoms with Crippen LogP contribution >= 0.6 is 11.6 Å². The molecule has 0 saturated carbocycles. The minimum atomic E-state index is -0.880. The van der Waals surface area contributed by atoms with Crippen molar-refractivity contribution < 1.29 is 14.4 Å². The highest BCUT2D eigenvalue weighted by Crippen LogP contribution is 2.31. The smallest absolute Gasteiger partial charge is 0.290 e. The topological polar surface area (TPSA) is 75.4 Å². The number of carbonyl (C=O) groups excluding carboxylic acids is 1. The number of aliphatic hydroxyl groups is 1. The standard InChI is InChI=1S/C15H17ClN2O3/c1-8(2)17-15(20)14-12(9(3)19)13(18-21-14)10-4-6-11(16)7-5-10/h4-9,19H,1-3H3,(H,17,20)/t9-/m0/s1. The van der Waals surface area contributed by atoms with Gasteiger partial charge in [-0.05, 0) is 32.9 Å². The zero-order chi connectivity index (χ0) is 15.6. The van der Waals surface area contributed by atoms with Crippen LogP contribution in [0.3, 0.4) is 0 Å². The summed E-state index contributed by atoms with van der Waals surface area (Å²) in [5, 5.41) is 17.2. The van der Waals surface area contributed by atoms with E-state index in [1.54, 1.807) is 31.2 Å². The molecule has 0 radical (unpaired) electrons. The Bertz CT molecular complexity index is 633. The second-order valence-electron chi connectivity index (χ2n) is 5.09. The predicted molar refractivity (Wildman–Crippen MR) is 80.2 cm³/mol. The Labute approximate surface area is 127 Å². The normalized spacial score (nSPS) is 12.5. The fourth-order valence-corrected chi connectivity index (χ4v) is 2.12. The van der Waals surface area contributed by atoms with Gasteiger partial charge in [0.25, 0.3) is 5.91 Å². The maximum atomic E-state index is 12.1. The average Bonchev–Trinajstić information content (AvgIpc) is 2.83. The Hall–Kier alpha value is -1.85. The summed E-state index contributed by atoms with van der Waals surface area (Å²) >= 11 is 5.86. The lowest BCUT2D eigenvalue weighted by atomic mass is 10.0. The van der Waals surface area contributed by atoms with Crippen LogP contribution in [0.4, 0.5) is 0 Å². The third kappa shape index (κ3) is 3.43. The molecule has 0 aliphatic heterocycles. The number of rotatable bonds is 4. The molecule has 1 atom stereocenters. The molecular weight excluding hydrogens is 292 g/mol. The highest BCUT2D eigenvalue weighted by molar-refractivity contribution is 6.30. The van der Waals surface area contributed by atoms with Crippen molar-refractivity contribution in [3.05, 3.63) is 40.6 Å². The zero-order valence-electron chi connectivity index (χ0n) is 12.1. The van der Waals surface area contributed by atoms with Crippen LogP contribution in [0, 0.1) is 0 Å². The van der Waals surface area contributed by atoms with E-state index in [1.165, 1.54) is 0 Å². The van der Waals surface area contributed by atoms with E-state index in [1.807, 2.05) is 13.8 Å². The summed E-state index contributed by atoms with van der Waals surface area (Å²) in [5.74, 6) is -0.364. The molecule has 1 aromatic heterocycles. The third-order valence-electron chi connectivity index (χ3n) is 2.89. The van der Waals surface area contributed by atoms with Gasteiger partial charge in [0.2, 0.25) is 5.76 Å². The SMILES string of the molecule is CC(C)NC(=O)c1onc(-c2ccc(Cl)cc2)c1[C@H](C)O. The lowest BCUT2D eigenvalue weighted by Gasteiger charge is -2.09. The van der Waals surface area contributed by atoms with Crippen LogP contribution in [0.25, 0.3) is 11.3 Å². The lowest BCUT2D eigenvalue weighted by Crippen LogP contribution is -2.30. The molecule has 0 aliphatic carbocycles. The zero-order valence-corrected chi connectivity index (χ0v) is 12.8. The van der Waals surface area contributed by atoms with E-state index < -0.39 is 12.0 Å². The summed E-state index contributed by atoms with van der Waals surface area (Å²) in [4.78, 5) is 12.1. The Balaban J connectivity index is 2.46. The molecule has 0 saturated heterocycles. The second-order valence-corrected chi connectivity index (χ2v) is 5.52. The summed E-state index contributed by atoms with van der Waals surface area (Å²) in [6, 6.07) is 6.91. The summed E-state index contributed by atoms with van der Waals surface area (Å²) in [6.45, 7) is 5.25. The van der Waals surface area contributed by atoms with Crippen LogP contribution in [0.2, 0.25) is 5.02 Å². The van der Waals surface area contributed by atoms with E-state index in [2.05, 4.69) is 10.5 Å². The largest absolute Gasteiger partial charge is 0.388 e. The minimum absolute atomic E-state index is 0.0312. The molecule has 5 nitrogen and oxygen atoms in total. The van der Waals surface area contributed by atoms with Crippen LogP contribution in [0.15, 0.2) is 28.8 Å². The maximum absolute atomic E-state index is 12.1. The van der Waals surface area contributed by atoms with Gasteiger partial charge in [-0.25, -0.2) is 0 Å². The number of halogens is 1. The molecule has 112 valence electrons. The molecule has 0 aliphatic rings. The van der Waals surface area contributed by atoms with Crippen molar-refractivity contribution >= 4 is 17.5 Å². The molecule has 2 aromatic rings. The maximum Gasteiger partial charge on any atom is 0.290 e. The molecule has 0 spiro atoms. The highest BCUT2D eigenvalue weighted by atomic mass is 35.5. The van der Waals surface area contributed by atoms with Gasteiger partial charge in [-0.3, -0.25) is 4.79 Å². The van der Waals surface area contributed by atoms with Crippen LogP contribution in [-0.2, 0) is 0 Å². The predicted octanol–water partition coefficient (Wildman–Crippen LogP) is 3.19. The Morgan fingerprint density at radius 1 is 1.29 bits per heavy atom. The molecule has 6 heteroatoms.